The van der Waals surface area contributed by atoms with E-state index in [1.54, 1.807) is 0 Å². The molecule has 0 heterocycles. The third-order valence-corrected chi connectivity index (χ3v) is 6.94. The average molecular weight is 359 g/mol. The molecule has 146 valence electrons. The van der Waals surface area contributed by atoms with Gasteiger partial charge in [-0.25, -0.2) is 0 Å². The maximum Gasteiger partial charge on any atom is 0.122 e. The third-order valence-electron chi connectivity index (χ3n) is 6.94. The Kier molecular flexibility index (Phi) is 6.20. The van der Waals surface area contributed by atoms with Crippen molar-refractivity contribution in [2.45, 2.75) is 104 Å². The van der Waals surface area contributed by atoms with Crippen LogP contribution in [0.3, 0.4) is 0 Å². The van der Waals surface area contributed by atoms with E-state index in [-0.39, 0.29) is 5.75 Å². The van der Waals surface area contributed by atoms with Gasteiger partial charge in [0.25, 0.3) is 0 Å². The van der Waals surface area contributed by atoms with Gasteiger partial charge in [0.15, 0.2) is 0 Å². The van der Waals surface area contributed by atoms with Crippen LogP contribution in [0, 0.1) is 10.8 Å². The van der Waals surface area contributed by atoms with E-state index in [2.05, 4.69) is 13.8 Å². The van der Waals surface area contributed by atoms with Crippen LogP contribution in [-0.2, 0) is 12.8 Å². The molecule has 0 saturated heterocycles. The molecular formula is C24H38O2. The van der Waals surface area contributed by atoms with Crippen molar-refractivity contribution < 1.29 is 10.2 Å². The third kappa shape index (κ3) is 5.93. The van der Waals surface area contributed by atoms with Gasteiger partial charge in [0.05, 0.1) is 0 Å². The molecule has 3 rings (SSSR count). The monoisotopic (exact) mass is 358 g/mol. The molecule has 1 aromatic carbocycles. The highest BCUT2D eigenvalue weighted by atomic mass is 16.3. The van der Waals surface area contributed by atoms with Crippen LogP contribution in [-0.4, -0.2) is 10.2 Å². The molecular weight excluding hydrogens is 320 g/mol. The zero-order chi connectivity index (χ0) is 18.6. The average Bonchev–Trinajstić information content (AvgIpc) is 3.49. The molecule has 0 spiro atoms. The van der Waals surface area contributed by atoms with E-state index in [4.69, 9.17) is 0 Å². The molecule has 0 radical (unpaired) electrons. The molecule has 2 nitrogen and oxygen atoms in total. The largest absolute Gasteiger partial charge is 0.508 e. The Balaban J connectivity index is 1.42. The first kappa shape index (κ1) is 19.6. The van der Waals surface area contributed by atoms with E-state index in [1.165, 1.54) is 70.3 Å². The summed E-state index contributed by atoms with van der Waals surface area (Å²) in [5.41, 5.74) is 3.55. The van der Waals surface area contributed by atoms with E-state index < -0.39 is 0 Å². The lowest BCUT2D eigenvalue weighted by Gasteiger charge is -2.14. The summed E-state index contributed by atoms with van der Waals surface area (Å²) in [4.78, 5) is 0. The second-order valence-corrected chi connectivity index (χ2v) is 9.85. The van der Waals surface area contributed by atoms with Crippen LogP contribution in [0.2, 0.25) is 0 Å². The Bertz CT molecular complexity index is 596. The van der Waals surface area contributed by atoms with Gasteiger partial charge in [-0.05, 0) is 92.2 Å². The molecule has 0 amide bonds. The lowest BCUT2D eigenvalue weighted by atomic mass is 9.93. The summed E-state index contributed by atoms with van der Waals surface area (Å²) in [6.45, 7) is 4.81. The number of aromatic hydroxyl groups is 2. The minimum atomic E-state index is 0.202. The normalized spacial score (nSPS) is 19.5. The van der Waals surface area contributed by atoms with Crippen molar-refractivity contribution in [3.8, 4) is 11.5 Å². The van der Waals surface area contributed by atoms with Gasteiger partial charge in [0.2, 0.25) is 0 Å². The molecule has 2 aliphatic carbocycles. The smallest absolute Gasteiger partial charge is 0.122 e. The van der Waals surface area contributed by atoms with Gasteiger partial charge in [-0.1, -0.05) is 39.5 Å². The number of rotatable bonds is 12. The molecule has 26 heavy (non-hydrogen) atoms. The Hall–Kier alpha value is -1.18. The number of unbranched alkanes of at least 4 members (excludes halogenated alkanes) is 4. The summed E-state index contributed by atoms with van der Waals surface area (Å²) < 4.78 is 0. The summed E-state index contributed by atoms with van der Waals surface area (Å²) in [5.74, 6) is 0.494. The second-order valence-electron chi connectivity index (χ2n) is 9.85. The molecule has 2 aliphatic rings. The first-order valence-corrected chi connectivity index (χ1v) is 10.9. The van der Waals surface area contributed by atoms with E-state index in [0.717, 1.165) is 36.8 Å². The molecule has 0 aromatic heterocycles. The zero-order valence-electron chi connectivity index (χ0n) is 16.9. The molecule has 2 heteroatoms. The number of aryl methyl sites for hydroxylation is 1. The Labute approximate surface area is 160 Å². The lowest BCUT2D eigenvalue weighted by molar-refractivity contribution is 0.440. The lowest BCUT2D eigenvalue weighted by Crippen LogP contribution is -1.98. The van der Waals surface area contributed by atoms with Crippen molar-refractivity contribution in [1.29, 1.82) is 0 Å². The fraction of sp³-hybridized carbons (Fsp3) is 0.750. The Morgan fingerprint density at radius 1 is 0.731 bits per heavy atom. The molecule has 0 unspecified atom stereocenters. The first-order valence-electron chi connectivity index (χ1n) is 10.9. The molecule has 0 bridgehead atoms. The van der Waals surface area contributed by atoms with E-state index in [0.29, 0.717) is 16.6 Å². The molecule has 2 fully saturated rings. The number of hydrogen-bond donors (Lipinski definition) is 2. The molecule has 1 aromatic rings. The summed E-state index contributed by atoms with van der Waals surface area (Å²) >= 11 is 0. The van der Waals surface area contributed by atoms with Gasteiger partial charge >= 0.3 is 0 Å². The summed E-state index contributed by atoms with van der Waals surface area (Å²) in [5, 5.41) is 20.2. The predicted molar refractivity (Wildman–Crippen MR) is 109 cm³/mol. The van der Waals surface area contributed by atoms with Crippen molar-refractivity contribution in [3.63, 3.8) is 0 Å². The molecule has 2 N–H and O–H groups in total. The van der Waals surface area contributed by atoms with Crippen LogP contribution < -0.4 is 0 Å². The van der Waals surface area contributed by atoms with Crippen LogP contribution in [0.15, 0.2) is 12.1 Å². The van der Waals surface area contributed by atoms with Gasteiger partial charge in [0.1, 0.15) is 11.5 Å². The number of phenolic OH excluding ortho intramolecular Hbond substituents is 2. The highest BCUT2D eigenvalue weighted by molar-refractivity contribution is 5.45. The van der Waals surface area contributed by atoms with E-state index in [9.17, 15) is 10.2 Å². The van der Waals surface area contributed by atoms with E-state index in [1.807, 2.05) is 6.07 Å². The van der Waals surface area contributed by atoms with Crippen molar-refractivity contribution >= 4 is 0 Å². The summed E-state index contributed by atoms with van der Waals surface area (Å²) in [7, 11) is 0. The second kappa shape index (κ2) is 8.23. The minimum Gasteiger partial charge on any atom is -0.508 e. The van der Waals surface area contributed by atoms with Gasteiger partial charge in [-0.15, -0.1) is 0 Å². The minimum absolute atomic E-state index is 0.202. The standard InChI is InChI=1S/C24H38O2/c1-23(13-14-23)11-7-3-5-9-19-17-20(25)18-22(26)21(19)10-6-4-8-12-24(2)15-16-24/h17-18,25-26H,3-16H2,1-2H3. The summed E-state index contributed by atoms with van der Waals surface area (Å²) in [6, 6.07) is 3.39. The Morgan fingerprint density at radius 2 is 1.27 bits per heavy atom. The van der Waals surface area contributed by atoms with Crippen molar-refractivity contribution in [1.82, 2.24) is 0 Å². The zero-order valence-corrected chi connectivity index (χ0v) is 16.9. The van der Waals surface area contributed by atoms with Crippen molar-refractivity contribution in [3.05, 3.63) is 23.3 Å². The number of benzene rings is 1. The van der Waals surface area contributed by atoms with Gasteiger partial charge in [-0.3, -0.25) is 0 Å². The maximum absolute atomic E-state index is 10.3. The van der Waals surface area contributed by atoms with Crippen LogP contribution in [0.25, 0.3) is 0 Å². The van der Waals surface area contributed by atoms with Crippen LogP contribution in [0.5, 0.6) is 11.5 Å². The highest BCUT2D eigenvalue weighted by Crippen LogP contribution is 2.49. The van der Waals surface area contributed by atoms with Gasteiger partial charge in [0, 0.05) is 6.07 Å². The Morgan fingerprint density at radius 3 is 1.81 bits per heavy atom. The fourth-order valence-electron chi connectivity index (χ4n) is 4.21. The predicted octanol–water partition coefficient (Wildman–Crippen LogP) is 6.90. The number of phenols is 2. The fourth-order valence-corrected chi connectivity index (χ4v) is 4.21. The topological polar surface area (TPSA) is 40.5 Å². The molecule has 0 atom stereocenters. The van der Waals surface area contributed by atoms with Crippen molar-refractivity contribution in [2.75, 3.05) is 0 Å². The highest BCUT2D eigenvalue weighted by Gasteiger charge is 2.36. The maximum atomic E-state index is 10.3. The van der Waals surface area contributed by atoms with Crippen LogP contribution in [0.1, 0.15) is 102 Å². The van der Waals surface area contributed by atoms with Crippen molar-refractivity contribution in [2.24, 2.45) is 10.8 Å². The van der Waals surface area contributed by atoms with Gasteiger partial charge in [-0.2, -0.15) is 0 Å². The van der Waals surface area contributed by atoms with E-state index >= 15 is 0 Å². The quantitative estimate of drug-likeness (QED) is 0.399. The summed E-state index contributed by atoms with van der Waals surface area (Å²) in [6.07, 6.45) is 17.7. The van der Waals surface area contributed by atoms with Crippen LogP contribution in [0.4, 0.5) is 0 Å². The van der Waals surface area contributed by atoms with Gasteiger partial charge < -0.3 is 10.2 Å². The van der Waals surface area contributed by atoms with Crippen LogP contribution >= 0.6 is 0 Å². The number of hydrogen-bond acceptors (Lipinski definition) is 2. The first-order chi connectivity index (χ1) is 12.4. The molecule has 0 aliphatic heterocycles. The SMILES string of the molecule is CC1(CCCCCc2cc(O)cc(O)c2CCCCCC2(C)CC2)CC1. The molecule has 2 saturated carbocycles.